The molecule has 1 heterocycles. The number of sulfonamides is 1. The van der Waals surface area contributed by atoms with Crippen LogP contribution in [0, 0.1) is 5.92 Å². The Bertz CT molecular complexity index is 587. The van der Waals surface area contributed by atoms with Crippen LogP contribution in [-0.2, 0) is 17.1 Å². The van der Waals surface area contributed by atoms with Crippen molar-refractivity contribution in [2.45, 2.75) is 37.1 Å². The molecule has 106 valence electrons. The summed E-state index contributed by atoms with van der Waals surface area (Å²) in [5.74, 6) is 0.453. The van der Waals surface area contributed by atoms with Crippen LogP contribution in [0.15, 0.2) is 17.2 Å². The lowest BCUT2D eigenvalue weighted by atomic mass is 10.1. The van der Waals surface area contributed by atoms with Crippen LogP contribution in [0.5, 0.6) is 0 Å². The van der Waals surface area contributed by atoms with Gasteiger partial charge >= 0.3 is 0 Å². The van der Waals surface area contributed by atoms with Crippen molar-refractivity contribution < 1.29 is 13.2 Å². The van der Waals surface area contributed by atoms with Gasteiger partial charge in [0.1, 0.15) is 10.6 Å². The molecule has 0 bridgehead atoms. The molecule has 19 heavy (non-hydrogen) atoms. The van der Waals surface area contributed by atoms with Crippen LogP contribution in [0.1, 0.15) is 36.7 Å². The fraction of sp³-hybridized carbons (Fsp3) is 0.583. The van der Waals surface area contributed by atoms with Crippen LogP contribution in [0.2, 0.25) is 0 Å². The van der Waals surface area contributed by atoms with Gasteiger partial charge in [-0.1, -0.05) is 12.8 Å². The summed E-state index contributed by atoms with van der Waals surface area (Å²) in [4.78, 5) is 12.0. The lowest BCUT2D eigenvalue weighted by Gasteiger charge is -2.13. The smallest absolute Gasteiger partial charge is 0.268 e. The fourth-order valence-electron chi connectivity index (χ4n) is 2.13. The summed E-state index contributed by atoms with van der Waals surface area (Å²) in [6.07, 6.45) is 4.79. The number of aromatic nitrogens is 1. The molecule has 2 rings (SSSR count). The average Bonchev–Trinajstić information content (AvgIpc) is 2.96. The molecule has 1 amide bonds. The van der Waals surface area contributed by atoms with Crippen molar-refractivity contribution >= 4 is 15.9 Å². The van der Waals surface area contributed by atoms with Gasteiger partial charge in [0.25, 0.3) is 5.91 Å². The first-order chi connectivity index (χ1) is 8.77. The van der Waals surface area contributed by atoms with E-state index in [0.717, 1.165) is 12.3 Å². The third kappa shape index (κ3) is 3.57. The van der Waals surface area contributed by atoms with E-state index < -0.39 is 10.0 Å². The maximum atomic E-state index is 12.1. The molecule has 1 saturated carbocycles. The molecule has 3 N–H and O–H groups in total. The summed E-state index contributed by atoms with van der Waals surface area (Å²) < 4.78 is 23.9. The Labute approximate surface area is 113 Å². The molecule has 1 fully saturated rings. The number of aryl methyl sites for hydroxylation is 1. The highest BCUT2D eigenvalue weighted by atomic mass is 32.2. The van der Waals surface area contributed by atoms with Gasteiger partial charge in [0, 0.05) is 19.3 Å². The number of nitrogens with one attached hydrogen (secondary N) is 1. The highest BCUT2D eigenvalue weighted by molar-refractivity contribution is 7.89. The summed E-state index contributed by atoms with van der Waals surface area (Å²) in [5, 5.41) is 7.92. The SMILES string of the molecule is CC(CC1CC1)NC(=O)c1cc(S(N)(=O)=O)cn1C. The molecule has 0 aromatic carbocycles. The van der Waals surface area contributed by atoms with Gasteiger partial charge in [-0.3, -0.25) is 4.79 Å². The van der Waals surface area contributed by atoms with E-state index in [0.29, 0.717) is 5.69 Å². The maximum absolute atomic E-state index is 12.1. The summed E-state index contributed by atoms with van der Waals surface area (Å²) in [7, 11) is -2.16. The van der Waals surface area contributed by atoms with E-state index in [1.807, 2.05) is 6.92 Å². The van der Waals surface area contributed by atoms with E-state index in [2.05, 4.69) is 5.32 Å². The number of nitrogens with two attached hydrogens (primary N) is 1. The quantitative estimate of drug-likeness (QED) is 0.829. The van der Waals surface area contributed by atoms with Gasteiger partial charge in [0.15, 0.2) is 0 Å². The molecule has 1 aliphatic carbocycles. The van der Waals surface area contributed by atoms with Crippen molar-refractivity contribution in [3.05, 3.63) is 18.0 Å². The van der Waals surface area contributed by atoms with Crippen LogP contribution < -0.4 is 10.5 Å². The Balaban J connectivity index is 2.08. The molecular formula is C12H19N3O3S. The normalized spacial score (nSPS) is 17.2. The van der Waals surface area contributed by atoms with Crippen molar-refractivity contribution in [3.8, 4) is 0 Å². The minimum absolute atomic E-state index is 0.0463. The Kier molecular flexibility index (Phi) is 3.69. The van der Waals surface area contributed by atoms with Crippen LogP contribution in [0.4, 0.5) is 0 Å². The lowest BCUT2D eigenvalue weighted by Crippen LogP contribution is -2.33. The Morgan fingerprint density at radius 1 is 1.58 bits per heavy atom. The highest BCUT2D eigenvalue weighted by Crippen LogP contribution is 2.33. The molecule has 1 atom stereocenters. The molecule has 1 aliphatic rings. The summed E-state index contributed by atoms with van der Waals surface area (Å²) in [6.45, 7) is 1.96. The fourth-order valence-corrected chi connectivity index (χ4v) is 2.71. The van der Waals surface area contributed by atoms with Gasteiger partial charge in [-0.05, 0) is 25.3 Å². The lowest BCUT2D eigenvalue weighted by molar-refractivity contribution is 0.0929. The molecular weight excluding hydrogens is 266 g/mol. The second-order valence-corrected chi connectivity index (χ2v) is 6.83. The predicted molar refractivity (Wildman–Crippen MR) is 71.1 cm³/mol. The minimum Gasteiger partial charge on any atom is -0.348 e. The molecule has 1 aromatic heterocycles. The summed E-state index contributed by atoms with van der Waals surface area (Å²) in [5.41, 5.74) is 0.298. The molecule has 0 radical (unpaired) electrons. The van der Waals surface area contributed by atoms with Gasteiger partial charge in [0.05, 0.1) is 0 Å². The number of carbonyl (C=O) groups excluding carboxylic acids is 1. The maximum Gasteiger partial charge on any atom is 0.268 e. The average molecular weight is 285 g/mol. The van der Waals surface area contributed by atoms with Crippen molar-refractivity contribution in [1.82, 2.24) is 9.88 Å². The zero-order valence-corrected chi connectivity index (χ0v) is 11.9. The number of hydrogen-bond acceptors (Lipinski definition) is 3. The van der Waals surface area contributed by atoms with Gasteiger partial charge < -0.3 is 9.88 Å². The summed E-state index contributed by atoms with van der Waals surface area (Å²) >= 11 is 0. The van der Waals surface area contributed by atoms with Crippen LogP contribution >= 0.6 is 0 Å². The highest BCUT2D eigenvalue weighted by Gasteiger charge is 2.25. The van der Waals surface area contributed by atoms with E-state index in [-0.39, 0.29) is 16.8 Å². The largest absolute Gasteiger partial charge is 0.348 e. The van der Waals surface area contributed by atoms with Crippen molar-refractivity contribution in [2.24, 2.45) is 18.1 Å². The number of primary sulfonamides is 1. The number of hydrogen-bond donors (Lipinski definition) is 2. The third-order valence-electron chi connectivity index (χ3n) is 3.30. The zero-order chi connectivity index (χ0) is 14.2. The van der Waals surface area contributed by atoms with Crippen molar-refractivity contribution in [1.29, 1.82) is 0 Å². The van der Waals surface area contributed by atoms with Gasteiger partial charge in [0.2, 0.25) is 10.0 Å². The predicted octanol–water partition coefficient (Wildman–Crippen LogP) is 0.591. The second-order valence-electron chi connectivity index (χ2n) is 5.27. The second kappa shape index (κ2) is 4.97. The van der Waals surface area contributed by atoms with E-state index in [1.54, 1.807) is 7.05 Å². The first-order valence-corrected chi connectivity index (χ1v) is 7.82. The first kappa shape index (κ1) is 14.1. The third-order valence-corrected chi connectivity index (χ3v) is 4.18. The zero-order valence-electron chi connectivity index (χ0n) is 11.1. The van der Waals surface area contributed by atoms with Gasteiger partial charge in [-0.25, -0.2) is 13.6 Å². The minimum atomic E-state index is -3.78. The van der Waals surface area contributed by atoms with Crippen molar-refractivity contribution in [3.63, 3.8) is 0 Å². The standard InChI is InChI=1S/C12H19N3O3S/c1-8(5-9-3-4-9)14-12(16)11-6-10(7-15(11)2)19(13,17)18/h6-9H,3-5H2,1-2H3,(H,14,16)(H2,13,17,18). The number of carbonyl (C=O) groups is 1. The number of rotatable bonds is 5. The molecule has 6 nitrogen and oxygen atoms in total. The van der Waals surface area contributed by atoms with Crippen LogP contribution in [0.3, 0.4) is 0 Å². The van der Waals surface area contributed by atoms with E-state index in [9.17, 15) is 13.2 Å². The molecule has 0 aliphatic heterocycles. The summed E-state index contributed by atoms with van der Waals surface area (Å²) in [6, 6.07) is 1.39. The molecule has 1 aromatic rings. The van der Waals surface area contributed by atoms with Crippen molar-refractivity contribution in [2.75, 3.05) is 0 Å². The Morgan fingerprint density at radius 2 is 2.21 bits per heavy atom. The molecule has 0 saturated heterocycles. The van der Waals surface area contributed by atoms with Crippen LogP contribution in [-0.4, -0.2) is 24.9 Å². The van der Waals surface area contributed by atoms with Gasteiger partial charge in [-0.15, -0.1) is 0 Å². The topological polar surface area (TPSA) is 94.2 Å². The van der Waals surface area contributed by atoms with E-state index in [4.69, 9.17) is 5.14 Å². The molecule has 1 unspecified atom stereocenters. The Morgan fingerprint density at radius 3 is 2.68 bits per heavy atom. The number of nitrogens with zero attached hydrogens (tertiary/aromatic N) is 1. The molecule has 7 heteroatoms. The monoisotopic (exact) mass is 285 g/mol. The van der Waals surface area contributed by atoms with E-state index in [1.165, 1.54) is 29.7 Å². The molecule has 0 spiro atoms. The van der Waals surface area contributed by atoms with Gasteiger partial charge in [-0.2, -0.15) is 0 Å². The number of amides is 1. The first-order valence-electron chi connectivity index (χ1n) is 6.27. The Hall–Kier alpha value is -1.34. The van der Waals surface area contributed by atoms with E-state index >= 15 is 0 Å². The van der Waals surface area contributed by atoms with Crippen LogP contribution in [0.25, 0.3) is 0 Å².